The summed E-state index contributed by atoms with van der Waals surface area (Å²) in [7, 11) is 0. The fourth-order valence-electron chi connectivity index (χ4n) is 2.24. The predicted octanol–water partition coefficient (Wildman–Crippen LogP) is 2.12. The van der Waals surface area contributed by atoms with Gasteiger partial charge in [0.2, 0.25) is 0 Å². The Balaban J connectivity index is 1.86. The van der Waals surface area contributed by atoms with Gasteiger partial charge >= 0.3 is 0 Å². The molecule has 4 nitrogen and oxygen atoms in total. The molecule has 1 fully saturated rings. The Labute approximate surface area is 103 Å². The standard InChI is InChI=1S/C13H23N3O/c1-4-16-9-12(8-15-16)11(2)14-10-13(3)6-5-7-17-13/h8-9,11,14H,4-7,10H2,1-3H3. The largest absolute Gasteiger partial charge is 0.374 e. The summed E-state index contributed by atoms with van der Waals surface area (Å²) in [5.74, 6) is 0. The van der Waals surface area contributed by atoms with Crippen LogP contribution in [-0.4, -0.2) is 28.5 Å². The molecule has 0 aromatic carbocycles. The van der Waals surface area contributed by atoms with Gasteiger partial charge < -0.3 is 10.1 Å². The molecular formula is C13H23N3O. The Morgan fingerprint density at radius 1 is 1.65 bits per heavy atom. The number of rotatable bonds is 5. The van der Waals surface area contributed by atoms with Crippen LogP contribution in [0.2, 0.25) is 0 Å². The first-order valence-corrected chi connectivity index (χ1v) is 6.53. The lowest BCUT2D eigenvalue weighted by Gasteiger charge is -2.25. The number of nitrogens with zero attached hydrogens (tertiary/aromatic N) is 2. The number of ether oxygens (including phenoxy) is 1. The molecule has 96 valence electrons. The zero-order chi connectivity index (χ0) is 12.3. The van der Waals surface area contributed by atoms with Gasteiger partial charge in [0.1, 0.15) is 0 Å². The summed E-state index contributed by atoms with van der Waals surface area (Å²) in [4.78, 5) is 0. The summed E-state index contributed by atoms with van der Waals surface area (Å²) in [5.41, 5.74) is 1.27. The van der Waals surface area contributed by atoms with Crippen molar-refractivity contribution >= 4 is 0 Å². The molecule has 2 heterocycles. The van der Waals surface area contributed by atoms with Crippen LogP contribution in [0.3, 0.4) is 0 Å². The van der Waals surface area contributed by atoms with Crippen LogP contribution < -0.4 is 5.32 Å². The van der Waals surface area contributed by atoms with E-state index in [1.807, 2.05) is 10.9 Å². The van der Waals surface area contributed by atoms with Crippen LogP contribution in [0.4, 0.5) is 0 Å². The predicted molar refractivity (Wildman–Crippen MR) is 67.9 cm³/mol. The van der Waals surface area contributed by atoms with E-state index in [1.54, 1.807) is 0 Å². The van der Waals surface area contributed by atoms with Crippen molar-refractivity contribution in [3.8, 4) is 0 Å². The molecule has 0 saturated carbocycles. The maximum absolute atomic E-state index is 5.77. The Morgan fingerprint density at radius 3 is 3.06 bits per heavy atom. The molecule has 1 aliphatic rings. The first-order valence-electron chi connectivity index (χ1n) is 6.53. The molecule has 1 N–H and O–H groups in total. The Morgan fingerprint density at radius 2 is 2.47 bits per heavy atom. The summed E-state index contributed by atoms with van der Waals surface area (Å²) < 4.78 is 7.73. The highest BCUT2D eigenvalue weighted by atomic mass is 16.5. The van der Waals surface area contributed by atoms with E-state index in [1.165, 1.54) is 12.0 Å². The molecule has 0 bridgehead atoms. The molecule has 2 unspecified atom stereocenters. The molecule has 0 radical (unpaired) electrons. The maximum Gasteiger partial charge on any atom is 0.0779 e. The summed E-state index contributed by atoms with van der Waals surface area (Å²) in [6.45, 7) is 9.20. The van der Waals surface area contributed by atoms with E-state index in [-0.39, 0.29) is 5.60 Å². The average Bonchev–Trinajstić information content (AvgIpc) is 2.95. The lowest BCUT2D eigenvalue weighted by Crippen LogP contribution is -2.38. The van der Waals surface area contributed by atoms with E-state index in [2.05, 4.69) is 37.4 Å². The van der Waals surface area contributed by atoms with Crippen molar-refractivity contribution < 1.29 is 4.74 Å². The Hall–Kier alpha value is -0.870. The monoisotopic (exact) mass is 237 g/mol. The van der Waals surface area contributed by atoms with Crippen LogP contribution in [0.15, 0.2) is 12.4 Å². The summed E-state index contributed by atoms with van der Waals surface area (Å²) >= 11 is 0. The molecule has 0 amide bonds. The van der Waals surface area contributed by atoms with E-state index in [4.69, 9.17) is 4.74 Å². The molecule has 1 aromatic heterocycles. The molecule has 0 spiro atoms. The average molecular weight is 237 g/mol. The summed E-state index contributed by atoms with van der Waals surface area (Å²) in [6.07, 6.45) is 6.38. The third-order valence-electron chi connectivity index (χ3n) is 3.56. The highest BCUT2D eigenvalue weighted by Gasteiger charge is 2.29. The highest BCUT2D eigenvalue weighted by Crippen LogP contribution is 2.25. The minimum absolute atomic E-state index is 0.0228. The summed E-state index contributed by atoms with van der Waals surface area (Å²) in [5, 5.41) is 7.84. The zero-order valence-corrected chi connectivity index (χ0v) is 11.1. The molecule has 0 aliphatic carbocycles. The van der Waals surface area contributed by atoms with Crippen molar-refractivity contribution in [2.45, 2.75) is 51.8 Å². The normalized spacial score (nSPS) is 26.3. The van der Waals surface area contributed by atoms with Gasteiger partial charge in [0.05, 0.1) is 11.8 Å². The molecule has 2 rings (SSSR count). The van der Waals surface area contributed by atoms with Crippen molar-refractivity contribution in [1.82, 2.24) is 15.1 Å². The van der Waals surface area contributed by atoms with E-state index in [0.29, 0.717) is 6.04 Å². The molecule has 2 atom stereocenters. The van der Waals surface area contributed by atoms with Crippen molar-refractivity contribution in [2.24, 2.45) is 0 Å². The van der Waals surface area contributed by atoms with Gasteiger partial charge in [-0.25, -0.2) is 0 Å². The van der Waals surface area contributed by atoms with Crippen molar-refractivity contribution in [1.29, 1.82) is 0 Å². The van der Waals surface area contributed by atoms with E-state index in [9.17, 15) is 0 Å². The van der Waals surface area contributed by atoms with E-state index < -0.39 is 0 Å². The number of aryl methyl sites for hydroxylation is 1. The first kappa shape index (κ1) is 12.6. The molecule has 1 aliphatic heterocycles. The van der Waals surface area contributed by atoms with Crippen molar-refractivity contribution in [2.75, 3.05) is 13.2 Å². The van der Waals surface area contributed by atoms with Crippen LogP contribution in [0.1, 0.15) is 45.2 Å². The van der Waals surface area contributed by atoms with E-state index >= 15 is 0 Å². The van der Waals surface area contributed by atoms with Crippen molar-refractivity contribution in [3.63, 3.8) is 0 Å². The lowest BCUT2D eigenvalue weighted by molar-refractivity contribution is 0.0191. The molecule has 1 saturated heterocycles. The fraction of sp³-hybridized carbons (Fsp3) is 0.769. The van der Waals surface area contributed by atoms with E-state index in [0.717, 1.165) is 26.1 Å². The maximum atomic E-state index is 5.77. The van der Waals surface area contributed by atoms with Gasteiger partial charge in [0, 0.05) is 37.5 Å². The molecular weight excluding hydrogens is 214 g/mol. The zero-order valence-electron chi connectivity index (χ0n) is 11.1. The minimum atomic E-state index is 0.0228. The number of hydrogen-bond acceptors (Lipinski definition) is 3. The second-order valence-electron chi connectivity index (χ2n) is 5.13. The highest BCUT2D eigenvalue weighted by molar-refractivity contribution is 5.09. The number of hydrogen-bond donors (Lipinski definition) is 1. The van der Waals surface area contributed by atoms with Crippen molar-refractivity contribution in [3.05, 3.63) is 18.0 Å². The van der Waals surface area contributed by atoms with Gasteiger partial charge in [0.25, 0.3) is 0 Å². The Kier molecular flexibility index (Phi) is 3.84. The SMILES string of the molecule is CCn1cc(C(C)NCC2(C)CCCO2)cn1. The smallest absolute Gasteiger partial charge is 0.0779 e. The lowest BCUT2D eigenvalue weighted by atomic mass is 10.0. The second kappa shape index (κ2) is 5.19. The minimum Gasteiger partial charge on any atom is -0.374 e. The Bertz CT molecular complexity index is 355. The van der Waals surface area contributed by atoms with Gasteiger partial charge in [-0.1, -0.05) is 0 Å². The number of aromatic nitrogens is 2. The topological polar surface area (TPSA) is 39.1 Å². The van der Waals surface area contributed by atoms with Crippen LogP contribution >= 0.6 is 0 Å². The third kappa shape index (κ3) is 3.07. The first-order chi connectivity index (χ1) is 8.13. The molecule has 1 aromatic rings. The quantitative estimate of drug-likeness (QED) is 0.852. The summed E-state index contributed by atoms with van der Waals surface area (Å²) in [6, 6.07) is 0.330. The molecule has 4 heteroatoms. The van der Waals surface area contributed by atoms with Crippen LogP contribution in [0.5, 0.6) is 0 Å². The van der Waals surface area contributed by atoms with Crippen LogP contribution in [-0.2, 0) is 11.3 Å². The third-order valence-corrected chi connectivity index (χ3v) is 3.56. The van der Waals surface area contributed by atoms with Gasteiger partial charge in [-0.15, -0.1) is 0 Å². The van der Waals surface area contributed by atoms with Gasteiger partial charge in [-0.3, -0.25) is 4.68 Å². The van der Waals surface area contributed by atoms with Gasteiger partial charge in [-0.2, -0.15) is 5.10 Å². The second-order valence-corrected chi connectivity index (χ2v) is 5.13. The van der Waals surface area contributed by atoms with Gasteiger partial charge in [-0.05, 0) is 33.6 Å². The molecule has 17 heavy (non-hydrogen) atoms. The van der Waals surface area contributed by atoms with Gasteiger partial charge in [0.15, 0.2) is 0 Å². The fourth-order valence-corrected chi connectivity index (χ4v) is 2.24. The van der Waals surface area contributed by atoms with Crippen LogP contribution in [0.25, 0.3) is 0 Å². The van der Waals surface area contributed by atoms with Crippen LogP contribution in [0, 0.1) is 0 Å². The number of nitrogens with one attached hydrogen (secondary N) is 1.